The Morgan fingerprint density at radius 1 is 0.459 bits per heavy atom. The van der Waals surface area contributed by atoms with Crippen LogP contribution in [-0.2, 0) is 0 Å². The van der Waals surface area contributed by atoms with Gasteiger partial charge in [0.05, 0.1) is 70.3 Å². The van der Waals surface area contributed by atoms with Crippen LogP contribution >= 0.6 is 15.9 Å². The van der Waals surface area contributed by atoms with Gasteiger partial charge in [-0.05, 0) is 144 Å². The average Bonchev–Trinajstić information content (AvgIpc) is 4.05. The number of halogens is 1. The van der Waals surface area contributed by atoms with Gasteiger partial charge in [-0.3, -0.25) is 0 Å². The van der Waals surface area contributed by atoms with E-state index in [0.717, 1.165) is 120 Å². The van der Waals surface area contributed by atoms with Gasteiger partial charge >= 0.3 is 0 Å². The quantitative estimate of drug-likeness (QED) is 0.0891. The fraction of sp³-hybridized carbons (Fsp3) is 0.385. The van der Waals surface area contributed by atoms with Gasteiger partial charge in [0.1, 0.15) is 23.0 Å². The predicted octanol–water partition coefficient (Wildman–Crippen LogP) is 14.5. The molecule has 0 saturated carbocycles. The summed E-state index contributed by atoms with van der Waals surface area (Å²) in [6, 6.07) is 22.7. The van der Waals surface area contributed by atoms with Crippen LogP contribution in [0, 0.1) is 23.7 Å². The van der Waals surface area contributed by atoms with E-state index in [1.165, 1.54) is 0 Å². The number of nitrogens with one attached hydrogen (secondary N) is 2. The summed E-state index contributed by atoms with van der Waals surface area (Å²) >= 11 is 3.98. The van der Waals surface area contributed by atoms with Crippen molar-refractivity contribution in [2.75, 3.05) is 26.4 Å². The summed E-state index contributed by atoms with van der Waals surface area (Å²) in [4.78, 5) is 18.1. The minimum atomic E-state index is 0.508. The molecule has 0 atom stereocenters. The predicted molar refractivity (Wildman–Crippen MR) is 257 cm³/mol. The van der Waals surface area contributed by atoms with Gasteiger partial charge in [0.25, 0.3) is 0 Å². The Hall–Kier alpha value is -5.28. The Morgan fingerprint density at radius 2 is 0.869 bits per heavy atom. The van der Waals surface area contributed by atoms with Gasteiger partial charge in [0.15, 0.2) is 0 Å². The lowest BCUT2D eigenvalue weighted by Crippen LogP contribution is -2.06. The van der Waals surface area contributed by atoms with Gasteiger partial charge in [-0.2, -0.15) is 0 Å². The van der Waals surface area contributed by atoms with Gasteiger partial charge in [-0.1, -0.05) is 67.5 Å². The molecule has 2 N–H and O–H groups in total. The molecule has 2 aliphatic heterocycles. The van der Waals surface area contributed by atoms with E-state index in [9.17, 15) is 0 Å². The van der Waals surface area contributed by atoms with E-state index in [0.29, 0.717) is 50.1 Å². The van der Waals surface area contributed by atoms with Crippen molar-refractivity contribution in [1.82, 2.24) is 19.9 Å². The zero-order chi connectivity index (χ0) is 43.0. The van der Waals surface area contributed by atoms with Gasteiger partial charge in [-0.15, -0.1) is 0 Å². The second-order valence-electron chi connectivity index (χ2n) is 17.7. The third-order valence-corrected chi connectivity index (χ3v) is 11.6. The molecule has 0 spiro atoms. The van der Waals surface area contributed by atoms with E-state index in [4.69, 9.17) is 28.9 Å². The van der Waals surface area contributed by atoms with Crippen molar-refractivity contribution in [1.29, 1.82) is 0 Å². The summed E-state index contributed by atoms with van der Waals surface area (Å²) in [5, 5.41) is 0. The Bertz CT molecular complexity index is 2410. The highest BCUT2D eigenvalue weighted by molar-refractivity contribution is 9.10. The molecule has 0 unspecified atom stereocenters. The highest BCUT2D eigenvalue weighted by Crippen LogP contribution is 2.45. The number of hydrogen-bond acceptors (Lipinski definition) is 6. The molecule has 2 aromatic carbocycles. The van der Waals surface area contributed by atoms with Gasteiger partial charge in [0.2, 0.25) is 0 Å². The van der Waals surface area contributed by atoms with Crippen molar-refractivity contribution in [3.63, 3.8) is 0 Å². The number of ether oxygens (including phenoxy) is 4. The van der Waals surface area contributed by atoms with Crippen LogP contribution in [0.1, 0.15) is 104 Å². The van der Waals surface area contributed by atoms with E-state index in [-0.39, 0.29) is 0 Å². The number of benzene rings is 2. The number of aromatic nitrogens is 4. The first-order valence-electron chi connectivity index (χ1n) is 22.0. The first kappa shape index (κ1) is 43.8. The maximum atomic E-state index is 6.59. The highest BCUT2D eigenvalue weighted by atomic mass is 79.9. The van der Waals surface area contributed by atoms with Crippen LogP contribution in [0.15, 0.2) is 71.2 Å². The van der Waals surface area contributed by atoms with E-state index in [1.807, 2.05) is 36.4 Å². The molecule has 0 fully saturated rings. The van der Waals surface area contributed by atoms with Crippen LogP contribution in [0.2, 0.25) is 0 Å². The zero-order valence-corrected chi connectivity index (χ0v) is 38.6. The fourth-order valence-electron chi connectivity index (χ4n) is 7.25. The molecule has 7 rings (SSSR count). The fourth-order valence-corrected chi connectivity index (χ4v) is 7.70. The monoisotopic (exact) mass is 884 g/mol. The van der Waals surface area contributed by atoms with Crippen LogP contribution in [-0.4, -0.2) is 46.4 Å². The smallest absolute Gasteiger partial charge is 0.131 e. The number of hydrogen-bond donors (Lipinski definition) is 2. The maximum Gasteiger partial charge on any atom is 0.131 e. The largest absolute Gasteiger partial charge is 0.493 e. The van der Waals surface area contributed by atoms with E-state index in [1.54, 1.807) is 0 Å². The standard InChI is InChI=1S/C52H61BrN4O4/c1-32(2)23-27-58-44-11-9-12-45(59-28-24-33(3)4)50(44)48-38-17-15-36(54-38)31-37-16-18-39(55-37)49(41-20-22-43(57-41)52(53)42-21-19-40(48)56-42)51-46(60-29-25-34(5)6)13-10-14-47(51)61-30-26-35(7)8/h9-22,31-35,54,57H,23-30H2,1-8H3. The van der Waals surface area contributed by atoms with Gasteiger partial charge in [0, 0.05) is 27.7 Å². The molecule has 5 heterocycles. The molecule has 3 aromatic heterocycles. The summed E-state index contributed by atoms with van der Waals surface area (Å²) in [5.74, 6) is 5.09. The molecule has 2 aliphatic rings. The normalized spacial score (nSPS) is 12.3. The van der Waals surface area contributed by atoms with Crippen molar-refractivity contribution < 1.29 is 18.9 Å². The molecule has 8 nitrogen and oxygen atoms in total. The number of rotatable bonds is 18. The molecule has 0 saturated heterocycles. The van der Waals surface area contributed by atoms with Crippen molar-refractivity contribution in [3.05, 3.63) is 94.0 Å². The molecular formula is C52H61BrN4O4. The molecule has 320 valence electrons. The molecule has 9 heteroatoms. The second-order valence-corrected chi connectivity index (χ2v) is 18.5. The van der Waals surface area contributed by atoms with E-state index >= 15 is 0 Å². The third kappa shape index (κ3) is 10.8. The van der Waals surface area contributed by atoms with Crippen molar-refractivity contribution in [2.45, 2.75) is 81.1 Å². The lowest BCUT2D eigenvalue weighted by molar-refractivity contribution is 0.278. The van der Waals surface area contributed by atoms with E-state index in [2.05, 4.69) is 136 Å². The molecule has 0 radical (unpaired) electrons. The molecule has 5 aromatic rings. The third-order valence-electron chi connectivity index (χ3n) is 10.8. The lowest BCUT2D eigenvalue weighted by atomic mass is 10.0. The number of nitrogens with zero attached hydrogens (tertiary/aromatic N) is 2. The summed E-state index contributed by atoms with van der Waals surface area (Å²) in [6.45, 7) is 20.1. The van der Waals surface area contributed by atoms with Crippen molar-refractivity contribution >= 4 is 62.3 Å². The molecule has 61 heavy (non-hydrogen) atoms. The van der Waals surface area contributed by atoms with Crippen LogP contribution in [0.25, 0.3) is 68.6 Å². The number of H-pyrrole nitrogens is 2. The molecule has 0 amide bonds. The van der Waals surface area contributed by atoms with Gasteiger partial charge < -0.3 is 28.9 Å². The topological polar surface area (TPSA) is 94.3 Å². The summed E-state index contributed by atoms with van der Waals surface area (Å²) in [6.07, 6.45) is 12.0. The first-order chi connectivity index (χ1) is 29.4. The Kier molecular flexibility index (Phi) is 14.4. The Labute approximate surface area is 370 Å². The van der Waals surface area contributed by atoms with Crippen LogP contribution in [0.3, 0.4) is 0 Å². The Morgan fingerprint density at radius 3 is 1.36 bits per heavy atom. The maximum absolute atomic E-state index is 6.59. The summed E-state index contributed by atoms with van der Waals surface area (Å²) in [7, 11) is 0. The minimum absolute atomic E-state index is 0.508. The molecular weight excluding hydrogens is 824 g/mol. The Balaban J connectivity index is 1.48. The lowest BCUT2D eigenvalue weighted by Gasteiger charge is -2.18. The SMILES string of the molecule is CC(C)CCOc1cccc(OCCC(C)C)c1-c1c2nc(c(Br)c3ccc([nH]3)c(-c3c(OCCC(C)C)cccc3OCCC(C)C)c3nc(cc4ccc1[nH]4)C=C3)C=C2. The molecule has 8 bridgehead atoms. The van der Waals surface area contributed by atoms with Crippen molar-refractivity contribution in [2.24, 2.45) is 23.7 Å². The van der Waals surface area contributed by atoms with Crippen molar-refractivity contribution in [3.8, 4) is 45.3 Å². The number of aromatic amines is 2. The number of fused-ring (bicyclic) bond motifs is 8. The first-order valence-corrected chi connectivity index (χ1v) is 22.8. The van der Waals surface area contributed by atoms with Crippen LogP contribution in [0.5, 0.6) is 23.0 Å². The van der Waals surface area contributed by atoms with Crippen LogP contribution in [0.4, 0.5) is 0 Å². The zero-order valence-electron chi connectivity index (χ0n) is 37.0. The van der Waals surface area contributed by atoms with Gasteiger partial charge in [-0.25, -0.2) is 9.97 Å². The van der Waals surface area contributed by atoms with E-state index < -0.39 is 0 Å². The highest BCUT2D eigenvalue weighted by Gasteiger charge is 2.23. The summed E-state index contributed by atoms with van der Waals surface area (Å²) < 4.78 is 27.2. The second kappa shape index (κ2) is 20.1. The molecule has 0 aliphatic carbocycles. The minimum Gasteiger partial charge on any atom is -0.493 e. The average molecular weight is 886 g/mol. The summed E-state index contributed by atoms with van der Waals surface area (Å²) in [5.41, 5.74) is 10.3. The van der Waals surface area contributed by atoms with Crippen LogP contribution < -0.4 is 18.9 Å².